The first-order valence-corrected chi connectivity index (χ1v) is 11.5. The van der Waals surface area contributed by atoms with Crippen molar-refractivity contribution in [2.45, 2.75) is 0 Å². The van der Waals surface area contributed by atoms with Crippen LogP contribution in [0.1, 0.15) is 0 Å². The number of piperazine rings is 1. The fourth-order valence-corrected chi connectivity index (χ4v) is 4.13. The zero-order valence-corrected chi connectivity index (χ0v) is 19.6. The van der Waals surface area contributed by atoms with Crippen molar-refractivity contribution in [3.8, 4) is 28.3 Å². The molecular weight excluding hydrogens is 466 g/mol. The fraction of sp³-hybridized carbons (Fsp3) is 0.231. The maximum atomic E-state index is 14.0. The molecule has 0 radical (unpaired) electrons. The van der Waals surface area contributed by atoms with Gasteiger partial charge in [0.25, 0.3) is 0 Å². The van der Waals surface area contributed by atoms with Gasteiger partial charge in [-0.1, -0.05) is 6.07 Å². The smallest absolute Gasteiger partial charge is 0.234 e. The van der Waals surface area contributed by atoms with Gasteiger partial charge in [-0.15, -0.1) is 0 Å². The number of ether oxygens (including phenoxy) is 1. The minimum Gasteiger partial charge on any atom is -0.490 e. The lowest BCUT2D eigenvalue weighted by molar-refractivity contribution is -0.124. The van der Waals surface area contributed by atoms with Gasteiger partial charge in [0.05, 0.1) is 6.54 Å². The van der Waals surface area contributed by atoms with Gasteiger partial charge in [0.15, 0.2) is 17.5 Å². The molecule has 1 fully saturated rings. The van der Waals surface area contributed by atoms with Crippen molar-refractivity contribution in [1.29, 1.82) is 0 Å². The molecule has 0 saturated carbocycles. The van der Waals surface area contributed by atoms with Crippen molar-refractivity contribution in [2.75, 3.05) is 45.2 Å². The summed E-state index contributed by atoms with van der Waals surface area (Å²) in [6, 6.07) is 11.0. The van der Waals surface area contributed by atoms with Crippen LogP contribution in [0.5, 0.6) is 5.75 Å². The van der Waals surface area contributed by atoms with E-state index >= 15 is 0 Å². The molecule has 2 N–H and O–H groups in total. The lowest BCUT2D eigenvalue weighted by Gasteiger charge is -2.26. The third kappa shape index (κ3) is 4.94. The van der Waals surface area contributed by atoms with E-state index in [-0.39, 0.29) is 5.91 Å². The highest BCUT2D eigenvalue weighted by Gasteiger charge is 2.18. The number of fused-ring (bicyclic) bond motifs is 1. The minimum absolute atomic E-state index is 0.0143. The van der Waals surface area contributed by atoms with Crippen LogP contribution in [0.25, 0.3) is 33.4 Å². The first-order valence-electron chi connectivity index (χ1n) is 11.5. The molecule has 8 nitrogen and oxygen atoms in total. The van der Waals surface area contributed by atoms with Gasteiger partial charge in [-0.05, 0) is 47.5 Å². The first kappa shape index (κ1) is 23.6. The van der Waals surface area contributed by atoms with Crippen LogP contribution in [0.3, 0.4) is 0 Å². The second kappa shape index (κ2) is 10.2. The predicted molar refractivity (Wildman–Crippen MR) is 133 cm³/mol. The summed E-state index contributed by atoms with van der Waals surface area (Å²) in [5, 5.41) is 6.58. The van der Waals surface area contributed by atoms with Gasteiger partial charge in [0.2, 0.25) is 5.91 Å². The lowest BCUT2D eigenvalue weighted by atomic mass is 10.0. The third-order valence-electron chi connectivity index (χ3n) is 5.96. The van der Waals surface area contributed by atoms with Crippen molar-refractivity contribution in [3.05, 3.63) is 66.5 Å². The van der Waals surface area contributed by atoms with Gasteiger partial charge < -0.3 is 15.4 Å². The van der Waals surface area contributed by atoms with E-state index < -0.39 is 11.6 Å². The molecule has 3 heterocycles. The molecule has 1 aliphatic heterocycles. The van der Waals surface area contributed by atoms with E-state index in [1.807, 2.05) is 17.0 Å². The topological polar surface area (TPSA) is 92.3 Å². The molecule has 36 heavy (non-hydrogen) atoms. The van der Waals surface area contributed by atoms with Gasteiger partial charge in [-0.2, -0.15) is 0 Å². The van der Waals surface area contributed by atoms with Gasteiger partial charge in [0, 0.05) is 50.0 Å². The normalized spacial score (nSPS) is 14.0. The number of hydrogen-bond acceptors (Lipinski definition) is 7. The van der Waals surface area contributed by atoms with Crippen molar-refractivity contribution in [1.82, 2.24) is 25.2 Å². The number of hydrogen-bond donors (Lipinski definition) is 2. The quantitative estimate of drug-likeness (QED) is 0.410. The molecule has 0 bridgehead atoms. The van der Waals surface area contributed by atoms with Crippen molar-refractivity contribution in [3.63, 3.8) is 0 Å². The highest BCUT2D eigenvalue weighted by Crippen LogP contribution is 2.36. The monoisotopic (exact) mass is 490 g/mol. The number of carbonyl (C=O) groups is 1. The molecule has 10 heteroatoms. The molecule has 1 saturated heterocycles. The molecule has 0 unspecified atom stereocenters. The molecule has 2 aromatic heterocycles. The first-order chi connectivity index (χ1) is 17.5. The van der Waals surface area contributed by atoms with E-state index in [0.717, 1.165) is 24.2 Å². The summed E-state index contributed by atoms with van der Waals surface area (Å²) in [7, 11) is 1.75. The summed E-state index contributed by atoms with van der Waals surface area (Å²) in [6.45, 7) is 2.51. The molecule has 2 aromatic carbocycles. The van der Waals surface area contributed by atoms with E-state index in [4.69, 9.17) is 9.72 Å². The van der Waals surface area contributed by atoms with E-state index in [9.17, 15) is 13.6 Å². The SMILES string of the molecule is CNc1nc(-c2cccnc2)nc2c(OCCN3CCNC(=O)C3)cc(-c3ccc(F)c(F)c3)cc12. The average molecular weight is 491 g/mol. The van der Waals surface area contributed by atoms with Gasteiger partial charge in [-0.25, -0.2) is 18.7 Å². The van der Waals surface area contributed by atoms with Crippen LogP contribution >= 0.6 is 0 Å². The van der Waals surface area contributed by atoms with Crippen molar-refractivity contribution < 1.29 is 18.3 Å². The molecule has 0 atom stereocenters. The molecule has 4 aromatic rings. The number of aromatic nitrogens is 3. The number of carbonyl (C=O) groups excluding carboxylic acids is 1. The van der Waals surface area contributed by atoms with E-state index in [1.54, 1.807) is 31.6 Å². The summed E-state index contributed by atoms with van der Waals surface area (Å²) in [5.74, 6) is -0.367. The van der Waals surface area contributed by atoms with Crippen molar-refractivity contribution >= 4 is 22.6 Å². The maximum Gasteiger partial charge on any atom is 0.234 e. The fourth-order valence-electron chi connectivity index (χ4n) is 4.13. The molecule has 5 rings (SSSR count). The van der Waals surface area contributed by atoms with Gasteiger partial charge in [-0.3, -0.25) is 14.7 Å². The second-order valence-corrected chi connectivity index (χ2v) is 8.36. The molecule has 1 aliphatic rings. The Morgan fingerprint density at radius 3 is 2.72 bits per heavy atom. The Balaban J connectivity index is 1.57. The number of benzene rings is 2. The average Bonchev–Trinajstić information content (AvgIpc) is 2.90. The number of pyridine rings is 1. The Morgan fingerprint density at radius 2 is 1.97 bits per heavy atom. The van der Waals surface area contributed by atoms with Gasteiger partial charge >= 0.3 is 0 Å². The van der Waals surface area contributed by atoms with E-state index in [2.05, 4.69) is 20.6 Å². The Hall–Kier alpha value is -4.18. The Kier molecular flexibility index (Phi) is 6.68. The number of halogens is 2. The van der Waals surface area contributed by atoms with Crippen LogP contribution in [-0.2, 0) is 4.79 Å². The predicted octanol–water partition coefficient (Wildman–Crippen LogP) is 3.49. The molecule has 184 valence electrons. The largest absolute Gasteiger partial charge is 0.490 e. The molecule has 0 spiro atoms. The minimum atomic E-state index is -0.935. The van der Waals surface area contributed by atoms with Gasteiger partial charge in [0.1, 0.15) is 23.7 Å². The van der Waals surface area contributed by atoms with Crippen LogP contribution < -0.4 is 15.4 Å². The zero-order chi connectivity index (χ0) is 25.1. The summed E-state index contributed by atoms with van der Waals surface area (Å²) in [4.78, 5) is 27.3. The summed E-state index contributed by atoms with van der Waals surface area (Å²) in [5.41, 5.74) is 2.43. The highest BCUT2D eigenvalue weighted by molar-refractivity contribution is 5.97. The maximum absolute atomic E-state index is 14.0. The Labute approximate surface area is 206 Å². The summed E-state index contributed by atoms with van der Waals surface area (Å²) < 4.78 is 33.8. The molecule has 1 amide bonds. The second-order valence-electron chi connectivity index (χ2n) is 8.36. The number of amides is 1. The lowest BCUT2D eigenvalue weighted by Crippen LogP contribution is -2.48. The number of nitrogens with one attached hydrogen (secondary N) is 2. The number of nitrogens with zero attached hydrogens (tertiary/aromatic N) is 4. The zero-order valence-electron chi connectivity index (χ0n) is 19.6. The Morgan fingerprint density at radius 1 is 1.08 bits per heavy atom. The van der Waals surface area contributed by atoms with Crippen LogP contribution in [-0.4, -0.2) is 65.6 Å². The van der Waals surface area contributed by atoms with Crippen LogP contribution in [0.4, 0.5) is 14.6 Å². The summed E-state index contributed by atoms with van der Waals surface area (Å²) in [6.07, 6.45) is 3.35. The third-order valence-corrected chi connectivity index (χ3v) is 5.96. The summed E-state index contributed by atoms with van der Waals surface area (Å²) >= 11 is 0. The standard InChI is InChI=1S/C26H24F2N6O2/c1-29-26-19-11-18(16-4-5-20(27)21(28)12-16)13-22(36-10-9-34-8-7-31-23(35)15-34)24(19)32-25(33-26)17-3-2-6-30-14-17/h2-6,11-14H,7-10,15H2,1H3,(H,31,35)(H,29,32,33). The number of anilines is 1. The number of rotatable bonds is 7. The van der Waals surface area contributed by atoms with Crippen molar-refractivity contribution in [2.24, 2.45) is 0 Å². The van der Waals surface area contributed by atoms with Crippen LogP contribution in [0.2, 0.25) is 0 Å². The Bertz CT molecular complexity index is 1420. The van der Waals surface area contributed by atoms with Crippen LogP contribution in [0, 0.1) is 11.6 Å². The molecular formula is C26H24F2N6O2. The highest BCUT2D eigenvalue weighted by atomic mass is 19.2. The van der Waals surface area contributed by atoms with E-state index in [0.29, 0.717) is 65.7 Å². The molecule has 0 aliphatic carbocycles. The van der Waals surface area contributed by atoms with Crippen LogP contribution in [0.15, 0.2) is 54.9 Å². The van der Waals surface area contributed by atoms with E-state index in [1.165, 1.54) is 6.07 Å².